The molecule has 0 fully saturated rings. The highest BCUT2D eigenvalue weighted by atomic mass is 14.6. The van der Waals surface area contributed by atoms with Gasteiger partial charge in [-0.15, -0.1) is 0 Å². The summed E-state index contributed by atoms with van der Waals surface area (Å²) in [6.45, 7) is 11.7. The second-order valence-corrected chi connectivity index (χ2v) is 2.77. The molecule has 0 radical (unpaired) electrons. The summed E-state index contributed by atoms with van der Waals surface area (Å²) < 4.78 is 0. The molecule has 0 unspecified atom stereocenters. The van der Waals surface area contributed by atoms with Crippen LogP contribution < -0.4 is 0 Å². The fraction of sp³-hybridized carbons (Fsp3) is 0.875. The Kier molecular flexibility index (Phi) is 5.30. The van der Waals surface area contributed by atoms with E-state index < -0.39 is 0 Å². The third-order valence-electron chi connectivity index (χ3n) is 1.30. The molecule has 0 atom stereocenters. The van der Waals surface area contributed by atoms with E-state index in [4.69, 9.17) is 6.57 Å². The Morgan fingerprint density at radius 1 is 1.33 bits per heavy atom. The molecule has 1 nitrogen and oxygen atoms in total. The Morgan fingerprint density at radius 3 is 2.44 bits per heavy atom. The molecule has 0 heterocycles. The minimum atomic E-state index is 0.715. The number of unbranched alkanes of at least 4 members (excludes halogenated alkanes) is 1. The van der Waals surface area contributed by atoms with Crippen molar-refractivity contribution in [3.8, 4) is 0 Å². The lowest BCUT2D eigenvalue weighted by molar-refractivity contribution is 0.547. The van der Waals surface area contributed by atoms with E-state index in [2.05, 4.69) is 18.7 Å². The van der Waals surface area contributed by atoms with Crippen molar-refractivity contribution in [2.75, 3.05) is 6.54 Å². The molecule has 0 N–H and O–H groups in total. The molecule has 0 aliphatic carbocycles. The normalized spacial score (nSPS) is 9.56. The van der Waals surface area contributed by atoms with Gasteiger partial charge in [0.1, 0.15) is 0 Å². The monoisotopic (exact) mass is 125 g/mol. The first kappa shape index (κ1) is 8.49. The topological polar surface area (TPSA) is 4.36 Å². The van der Waals surface area contributed by atoms with E-state index in [-0.39, 0.29) is 0 Å². The van der Waals surface area contributed by atoms with Gasteiger partial charge in [0.15, 0.2) is 0 Å². The standard InChI is InChI=1S/C8H15N/c1-8(2)6-4-5-7-9-3/h8H,4-7H2,1-2H3. The van der Waals surface area contributed by atoms with Gasteiger partial charge in [0.05, 0.1) is 0 Å². The van der Waals surface area contributed by atoms with E-state index in [1.54, 1.807) is 0 Å². The van der Waals surface area contributed by atoms with Crippen LogP contribution in [0.3, 0.4) is 0 Å². The predicted octanol–water partition coefficient (Wildman–Crippen LogP) is 2.73. The third-order valence-corrected chi connectivity index (χ3v) is 1.30. The number of hydrogen-bond acceptors (Lipinski definition) is 0. The fourth-order valence-electron chi connectivity index (χ4n) is 0.743. The average Bonchev–Trinajstić information content (AvgIpc) is 1.80. The Hall–Kier alpha value is -0.510. The minimum Gasteiger partial charge on any atom is -0.317 e. The van der Waals surface area contributed by atoms with Gasteiger partial charge in [0, 0.05) is 6.42 Å². The Bertz CT molecular complexity index is 89.2. The van der Waals surface area contributed by atoms with E-state index in [9.17, 15) is 0 Å². The largest absolute Gasteiger partial charge is 0.317 e. The highest BCUT2D eigenvalue weighted by molar-refractivity contribution is 4.58. The van der Waals surface area contributed by atoms with Gasteiger partial charge in [0.25, 0.3) is 0 Å². The van der Waals surface area contributed by atoms with Crippen LogP contribution in [0.5, 0.6) is 0 Å². The molecule has 0 bridgehead atoms. The summed E-state index contributed by atoms with van der Waals surface area (Å²) in [6, 6.07) is 0. The van der Waals surface area contributed by atoms with Crippen LogP contribution in [-0.4, -0.2) is 6.54 Å². The summed E-state index contributed by atoms with van der Waals surface area (Å²) in [5.74, 6) is 0.802. The van der Waals surface area contributed by atoms with E-state index in [1.165, 1.54) is 12.8 Å². The van der Waals surface area contributed by atoms with Crippen LogP contribution in [0, 0.1) is 12.5 Å². The van der Waals surface area contributed by atoms with Gasteiger partial charge in [-0.3, -0.25) is 0 Å². The zero-order chi connectivity index (χ0) is 7.11. The van der Waals surface area contributed by atoms with Crippen molar-refractivity contribution >= 4 is 0 Å². The molecule has 0 rings (SSSR count). The second-order valence-electron chi connectivity index (χ2n) is 2.77. The van der Waals surface area contributed by atoms with Crippen LogP contribution >= 0.6 is 0 Å². The predicted molar refractivity (Wildman–Crippen MR) is 40.2 cm³/mol. The molecule has 0 amide bonds. The van der Waals surface area contributed by atoms with E-state index in [1.807, 2.05) is 0 Å². The lowest BCUT2D eigenvalue weighted by atomic mass is 10.1. The maximum atomic E-state index is 6.51. The van der Waals surface area contributed by atoms with E-state index in [0.717, 1.165) is 12.3 Å². The summed E-state index contributed by atoms with van der Waals surface area (Å²) >= 11 is 0. The third kappa shape index (κ3) is 7.49. The average molecular weight is 125 g/mol. The van der Waals surface area contributed by atoms with Crippen molar-refractivity contribution in [2.24, 2.45) is 5.92 Å². The van der Waals surface area contributed by atoms with Gasteiger partial charge in [-0.2, -0.15) is 0 Å². The maximum absolute atomic E-state index is 6.51. The molecule has 9 heavy (non-hydrogen) atoms. The first-order chi connectivity index (χ1) is 4.27. The van der Waals surface area contributed by atoms with Crippen molar-refractivity contribution in [2.45, 2.75) is 33.1 Å². The van der Waals surface area contributed by atoms with Crippen LogP contribution in [0.1, 0.15) is 33.1 Å². The van der Waals surface area contributed by atoms with Crippen LogP contribution in [0.25, 0.3) is 4.85 Å². The first-order valence-electron chi connectivity index (χ1n) is 3.60. The maximum Gasteiger partial charge on any atom is 0.214 e. The van der Waals surface area contributed by atoms with Crippen molar-refractivity contribution in [1.29, 1.82) is 0 Å². The number of nitrogens with zero attached hydrogens (tertiary/aromatic N) is 1. The van der Waals surface area contributed by atoms with Gasteiger partial charge in [0.2, 0.25) is 6.54 Å². The van der Waals surface area contributed by atoms with Gasteiger partial charge in [-0.05, 0) is 12.3 Å². The summed E-state index contributed by atoms with van der Waals surface area (Å²) in [7, 11) is 0. The highest BCUT2D eigenvalue weighted by Crippen LogP contribution is 2.05. The van der Waals surface area contributed by atoms with Crippen molar-refractivity contribution in [1.82, 2.24) is 0 Å². The van der Waals surface area contributed by atoms with Crippen molar-refractivity contribution < 1.29 is 0 Å². The Morgan fingerprint density at radius 2 is 2.00 bits per heavy atom. The molecule has 52 valence electrons. The lowest BCUT2D eigenvalue weighted by Crippen LogP contribution is -1.87. The zero-order valence-electron chi connectivity index (χ0n) is 6.35. The van der Waals surface area contributed by atoms with Gasteiger partial charge in [-0.25, -0.2) is 6.57 Å². The van der Waals surface area contributed by atoms with E-state index in [0.29, 0.717) is 6.54 Å². The Balaban J connectivity index is 2.85. The molecular formula is C8H15N. The molecule has 0 aromatic rings. The Labute approximate surface area is 57.9 Å². The SMILES string of the molecule is [C-]#[N+]CCCCC(C)C. The van der Waals surface area contributed by atoms with Gasteiger partial charge in [-0.1, -0.05) is 20.3 Å². The van der Waals surface area contributed by atoms with Crippen molar-refractivity contribution in [3.63, 3.8) is 0 Å². The quantitative estimate of drug-likeness (QED) is 0.402. The molecule has 0 aromatic carbocycles. The molecule has 0 saturated heterocycles. The lowest BCUT2D eigenvalue weighted by Gasteiger charge is -1.99. The number of hydrogen-bond donors (Lipinski definition) is 0. The smallest absolute Gasteiger partial charge is 0.214 e. The summed E-state index contributed by atoms with van der Waals surface area (Å²) in [5, 5.41) is 0. The summed E-state index contributed by atoms with van der Waals surface area (Å²) in [4.78, 5) is 3.28. The molecule has 0 aliphatic heterocycles. The molecule has 0 aliphatic rings. The number of rotatable bonds is 4. The highest BCUT2D eigenvalue weighted by Gasteiger charge is 1.93. The first-order valence-corrected chi connectivity index (χ1v) is 3.60. The molecule has 0 spiro atoms. The zero-order valence-corrected chi connectivity index (χ0v) is 6.35. The fourth-order valence-corrected chi connectivity index (χ4v) is 0.743. The minimum absolute atomic E-state index is 0.715. The van der Waals surface area contributed by atoms with Gasteiger partial charge < -0.3 is 4.85 Å². The van der Waals surface area contributed by atoms with Crippen molar-refractivity contribution in [3.05, 3.63) is 11.4 Å². The molecule has 1 heteroatoms. The van der Waals surface area contributed by atoms with E-state index >= 15 is 0 Å². The molecule has 0 saturated carbocycles. The van der Waals surface area contributed by atoms with Crippen LogP contribution in [-0.2, 0) is 0 Å². The van der Waals surface area contributed by atoms with Crippen LogP contribution in [0.2, 0.25) is 0 Å². The summed E-state index contributed by atoms with van der Waals surface area (Å²) in [6.07, 6.45) is 3.58. The van der Waals surface area contributed by atoms with Crippen LogP contribution in [0.4, 0.5) is 0 Å². The second kappa shape index (κ2) is 5.62. The summed E-state index contributed by atoms with van der Waals surface area (Å²) in [5.41, 5.74) is 0. The van der Waals surface area contributed by atoms with Gasteiger partial charge >= 0.3 is 0 Å². The molecule has 0 aromatic heterocycles. The van der Waals surface area contributed by atoms with Crippen LogP contribution in [0.15, 0.2) is 0 Å². The molecular weight excluding hydrogens is 110 g/mol.